The average Bonchev–Trinajstić information content (AvgIpc) is 3.25. The highest BCUT2D eigenvalue weighted by molar-refractivity contribution is 5.70. The van der Waals surface area contributed by atoms with Crippen LogP contribution in [0.1, 0.15) is 239 Å². The highest BCUT2D eigenvalue weighted by Gasteiger charge is 2.44. The molecule has 0 aromatic heterocycles. The first-order chi connectivity index (χ1) is 29.3. The minimum atomic E-state index is -1.59. The van der Waals surface area contributed by atoms with Gasteiger partial charge >= 0.3 is 11.9 Å². The van der Waals surface area contributed by atoms with E-state index in [0.29, 0.717) is 6.42 Å². The number of esters is 2. The Morgan fingerprint density at radius 3 is 1.30 bits per heavy atom. The fourth-order valence-electron chi connectivity index (χ4n) is 7.89. The first-order valence-corrected chi connectivity index (χ1v) is 25.3. The van der Waals surface area contributed by atoms with E-state index in [1.54, 1.807) is 0 Å². The second-order valence-corrected chi connectivity index (χ2v) is 17.6. The molecule has 4 N–H and O–H groups in total. The maximum absolute atomic E-state index is 12.8. The number of hydrogen-bond acceptors (Lipinski definition) is 10. The molecule has 1 heterocycles. The van der Waals surface area contributed by atoms with Gasteiger partial charge in [0.1, 0.15) is 31.0 Å². The normalized spacial score (nSPS) is 19.9. The topological polar surface area (TPSA) is 152 Å². The summed E-state index contributed by atoms with van der Waals surface area (Å²) in [6, 6.07) is 0. The molecule has 6 atom stereocenters. The van der Waals surface area contributed by atoms with Gasteiger partial charge in [0.2, 0.25) is 0 Å². The number of unbranched alkanes of at least 4 members (excludes halogenated alkanes) is 30. The van der Waals surface area contributed by atoms with E-state index in [4.69, 9.17) is 18.9 Å². The summed E-state index contributed by atoms with van der Waals surface area (Å²) in [7, 11) is 0. The largest absolute Gasteiger partial charge is 0.462 e. The van der Waals surface area contributed by atoms with E-state index in [2.05, 4.69) is 26.0 Å². The van der Waals surface area contributed by atoms with Gasteiger partial charge in [-0.05, 0) is 38.5 Å². The summed E-state index contributed by atoms with van der Waals surface area (Å²) in [6.45, 7) is 3.44. The third kappa shape index (κ3) is 32.2. The Hall–Kier alpha value is -1.56. The number of allylic oxidation sites excluding steroid dienone is 2. The Morgan fingerprint density at radius 2 is 0.883 bits per heavy atom. The van der Waals surface area contributed by atoms with Crippen LogP contribution in [0.25, 0.3) is 0 Å². The van der Waals surface area contributed by atoms with E-state index in [1.807, 2.05) is 0 Å². The van der Waals surface area contributed by atoms with E-state index in [1.165, 1.54) is 148 Å². The van der Waals surface area contributed by atoms with Crippen molar-refractivity contribution in [2.75, 3.05) is 19.8 Å². The first kappa shape index (κ1) is 56.5. The second kappa shape index (κ2) is 41.5. The third-order valence-corrected chi connectivity index (χ3v) is 11.9. The summed E-state index contributed by atoms with van der Waals surface area (Å²) in [6.07, 6.45) is 37.9. The van der Waals surface area contributed by atoms with Crippen LogP contribution < -0.4 is 0 Å². The third-order valence-electron chi connectivity index (χ3n) is 11.9. The molecule has 0 aliphatic carbocycles. The lowest BCUT2D eigenvalue weighted by atomic mass is 9.99. The molecule has 0 aromatic rings. The predicted octanol–water partition coefficient (Wildman–Crippen LogP) is 11.5. The molecule has 1 aliphatic rings. The monoisotopic (exact) mass is 855 g/mol. The molecule has 1 fully saturated rings. The molecule has 0 spiro atoms. The molecule has 0 aromatic carbocycles. The van der Waals surface area contributed by atoms with E-state index < -0.39 is 49.4 Å². The molecule has 1 aliphatic heterocycles. The van der Waals surface area contributed by atoms with Crippen molar-refractivity contribution in [2.24, 2.45) is 0 Å². The van der Waals surface area contributed by atoms with Crippen molar-refractivity contribution < 1.29 is 49.0 Å². The number of ether oxygens (including phenoxy) is 4. The average molecular weight is 855 g/mol. The van der Waals surface area contributed by atoms with Gasteiger partial charge in [0.25, 0.3) is 0 Å². The van der Waals surface area contributed by atoms with Gasteiger partial charge in [0, 0.05) is 12.8 Å². The van der Waals surface area contributed by atoms with Crippen LogP contribution in [0.2, 0.25) is 0 Å². The van der Waals surface area contributed by atoms with Gasteiger partial charge in [-0.15, -0.1) is 0 Å². The van der Waals surface area contributed by atoms with E-state index >= 15 is 0 Å². The number of rotatable bonds is 43. The minimum Gasteiger partial charge on any atom is -0.462 e. The molecule has 1 saturated heterocycles. The van der Waals surface area contributed by atoms with Crippen LogP contribution >= 0.6 is 0 Å². The molecular formula is C50H94O10. The molecule has 0 saturated carbocycles. The van der Waals surface area contributed by atoms with Crippen LogP contribution in [0.15, 0.2) is 12.2 Å². The zero-order chi connectivity index (χ0) is 43.7. The standard InChI is InChI=1S/C50H94O10/c1-3-5-7-9-11-13-15-17-19-20-21-22-23-24-25-27-29-31-33-35-37-39-46(53)59-43(42-58-50-49(56)48(55)47(54)44(40-51)60-50)41-57-45(52)38-36-34-32-30-28-26-18-16-14-12-10-8-6-4-2/h16,18,43-44,47-51,54-56H,3-15,17,19-42H2,1-2H3/b18-16+/t43-,44-,47+,48?,49?,50-/m1/s1. The Bertz CT molecular complexity index is 990. The van der Waals surface area contributed by atoms with Crippen molar-refractivity contribution in [3.8, 4) is 0 Å². The van der Waals surface area contributed by atoms with Crippen LogP contribution in [-0.4, -0.2) is 89.0 Å². The minimum absolute atomic E-state index is 0.216. The Balaban J connectivity index is 2.25. The predicted molar refractivity (Wildman–Crippen MR) is 243 cm³/mol. The van der Waals surface area contributed by atoms with Gasteiger partial charge in [-0.25, -0.2) is 0 Å². The maximum Gasteiger partial charge on any atom is 0.306 e. The molecule has 10 nitrogen and oxygen atoms in total. The Morgan fingerprint density at radius 1 is 0.500 bits per heavy atom. The molecule has 354 valence electrons. The SMILES string of the molecule is CCCCCCC/C=C/CCCCCCCC(=O)OC[C@H](CO[C@@H]1O[C@H](CO)[C@H](O)C(O)C1O)OC(=O)CCCCCCCCCCCCCCCCCCCCCCC. The molecule has 0 radical (unpaired) electrons. The quantitative estimate of drug-likeness (QED) is 0.0265. The zero-order valence-electron chi connectivity index (χ0n) is 38.7. The van der Waals surface area contributed by atoms with Gasteiger partial charge in [-0.1, -0.05) is 199 Å². The van der Waals surface area contributed by atoms with Crippen LogP contribution in [0, 0.1) is 0 Å². The van der Waals surface area contributed by atoms with Crippen molar-refractivity contribution in [3.63, 3.8) is 0 Å². The summed E-state index contributed by atoms with van der Waals surface area (Å²) in [5, 5.41) is 40.2. The number of carbonyl (C=O) groups is 2. The van der Waals surface area contributed by atoms with Crippen molar-refractivity contribution in [2.45, 2.75) is 275 Å². The van der Waals surface area contributed by atoms with E-state index in [-0.39, 0.29) is 32.0 Å². The van der Waals surface area contributed by atoms with Gasteiger partial charge in [0.15, 0.2) is 12.4 Å². The van der Waals surface area contributed by atoms with Gasteiger partial charge < -0.3 is 39.4 Å². The fraction of sp³-hybridized carbons (Fsp3) is 0.920. The van der Waals surface area contributed by atoms with Crippen molar-refractivity contribution in [1.29, 1.82) is 0 Å². The molecular weight excluding hydrogens is 761 g/mol. The summed E-state index contributed by atoms with van der Waals surface area (Å²) in [5.74, 6) is -0.803. The summed E-state index contributed by atoms with van der Waals surface area (Å²) >= 11 is 0. The molecule has 10 heteroatoms. The molecule has 60 heavy (non-hydrogen) atoms. The second-order valence-electron chi connectivity index (χ2n) is 17.6. The summed E-state index contributed by atoms with van der Waals surface area (Å²) in [5.41, 5.74) is 0. The molecule has 0 bridgehead atoms. The molecule has 2 unspecified atom stereocenters. The van der Waals surface area contributed by atoms with Crippen molar-refractivity contribution in [1.82, 2.24) is 0 Å². The lowest BCUT2D eigenvalue weighted by Crippen LogP contribution is -2.59. The van der Waals surface area contributed by atoms with Crippen LogP contribution in [0.4, 0.5) is 0 Å². The van der Waals surface area contributed by atoms with E-state index in [0.717, 1.165) is 57.8 Å². The summed E-state index contributed by atoms with van der Waals surface area (Å²) < 4.78 is 22.2. The highest BCUT2D eigenvalue weighted by Crippen LogP contribution is 2.23. The Kier molecular flexibility index (Phi) is 39.0. The van der Waals surface area contributed by atoms with Crippen molar-refractivity contribution >= 4 is 11.9 Å². The number of aliphatic hydroxyl groups is 4. The van der Waals surface area contributed by atoms with Crippen LogP contribution in [0.3, 0.4) is 0 Å². The van der Waals surface area contributed by atoms with Gasteiger partial charge in [-0.2, -0.15) is 0 Å². The number of aliphatic hydroxyl groups excluding tert-OH is 4. The fourth-order valence-corrected chi connectivity index (χ4v) is 7.89. The lowest BCUT2D eigenvalue weighted by Gasteiger charge is -2.39. The number of carbonyl (C=O) groups excluding carboxylic acids is 2. The molecule has 1 rings (SSSR count). The zero-order valence-corrected chi connectivity index (χ0v) is 38.7. The molecule has 0 amide bonds. The smallest absolute Gasteiger partial charge is 0.306 e. The highest BCUT2D eigenvalue weighted by atomic mass is 16.7. The maximum atomic E-state index is 12.8. The van der Waals surface area contributed by atoms with Crippen molar-refractivity contribution in [3.05, 3.63) is 12.2 Å². The number of hydrogen-bond donors (Lipinski definition) is 4. The lowest BCUT2D eigenvalue weighted by molar-refractivity contribution is -0.305. The van der Waals surface area contributed by atoms with E-state index in [9.17, 15) is 30.0 Å². The van der Waals surface area contributed by atoms with Gasteiger partial charge in [0.05, 0.1) is 13.2 Å². The Labute approximate surface area is 367 Å². The summed E-state index contributed by atoms with van der Waals surface area (Å²) in [4.78, 5) is 25.4. The van der Waals surface area contributed by atoms with Gasteiger partial charge in [-0.3, -0.25) is 9.59 Å². The van der Waals surface area contributed by atoms with Crippen LogP contribution in [0.5, 0.6) is 0 Å². The first-order valence-electron chi connectivity index (χ1n) is 25.3. The van der Waals surface area contributed by atoms with Crippen LogP contribution in [-0.2, 0) is 28.5 Å².